The molecule has 1 aromatic carbocycles. The van der Waals surface area contributed by atoms with Crippen LogP contribution in [0.3, 0.4) is 0 Å². The van der Waals surface area contributed by atoms with Gasteiger partial charge in [0.2, 0.25) is 0 Å². The molecule has 20 heavy (non-hydrogen) atoms. The van der Waals surface area contributed by atoms with Gasteiger partial charge in [-0.05, 0) is 18.7 Å². The van der Waals surface area contributed by atoms with Gasteiger partial charge in [0.05, 0.1) is 5.56 Å². The molecule has 0 heterocycles. The number of benzene rings is 1. The summed E-state index contributed by atoms with van der Waals surface area (Å²) in [5.74, 6) is -0.137. The molecule has 0 spiro atoms. The number of hydrogen-bond donors (Lipinski definition) is 1. The van der Waals surface area contributed by atoms with Crippen LogP contribution in [0.1, 0.15) is 18.9 Å². The third-order valence-electron chi connectivity index (χ3n) is 3.46. The zero-order chi connectivity index (χ0) is 14.8. The summed E-state index contributed by atoms with van der Waals surface area (Å²) >= 11 is 0. The number of methoxy groups -OCH3 is 1. The largest absolute Gasteiger partial charge is 0.487 e. The standard InChI is InChI=1S/C14H18F3NO2/c1-3-18-10-8-12(13(10)19-2)20-11-7-5-4-6-9(11)14(15,16)17/h4-7,10,12-13,18H,3,8H2,1-2H3. The third-order valence-corrected chi connectivity index (χ3v) is 3.46. The van der Waals surface area contributed by atoms with Gasteiger partial charge in [0.25, 0.3) is 0 Å². The van der Waals surface area contributed by atoms with Crippen molar-refractivity contribution in [2.24, 2.45) is 0 Å². The Morgan fingerprint density at radius 2 is 2.00 bits per heavy atom. The van der Waals surface area contributed by atoms with Gasteiger partial charge < -0.3 is 14.8 Å². The second-order valence-corrected chi connectivity index (χ2v) is 4.75. The van der Waals surface area contributed by atoms with Gasteiger partial charge in [0, 0.05) is 19.6 Å². The summed E-state index contributed by atoms with van der Waals surface area (Å²) in [6.45, 7) is 2.76. The molecule has 1 saturated carbocycles. The molecule has 3 nitrogen and oxygen atoms in total. The Kier molecular flexibility index (Phi) is 4.55. The van der Waals surface area contributed by atoms with Gasteiger partial charge in [-0.25, -0.2) is 0 Å². The van der Waals surface area contributed by atoms with Crippen LogP contribution in [-0.4, -0.2) is 31.9 Å². The summed E-state index contributed by atoms with van der Waals surface area (Å²) in [5, 5.41) is 3.22. The lowest BCUT2D eigenvalue weighted by atomic mass is 9.85. The second kappa shape index (κ2) is 6.01. The van der Waals surface area contributed by atoms with E-state index in [1.165, 1.54) is 18.2 Å². The van der Waals surface area contributed by atoms with E-state index in [1.54, 1.807) is 7.11 Å². The normalized spacial score (nSPS) is 26.1. The lowest BCUT2D eigenvalue weighted by Gasteiger charge is -2.43. The van der Waals surface area contributed by atoms with Crippen molar-refractivity contribution in [2.45, 2.75) is 37.8 Å². The van der Waals surface area contributed by atoms with E-state index >= 15 is 0 Å². The maximum atomic E-state index is 12.9. The zero-order valence-electron chi connectivity index (χ0n) is 11.4. The average molecular weight is 289 g/mol. The van der Waals surface area contributed by atoms with Gasteiger partial charge in [-0.3, -0.25) is 0 Å². The van der Waals surface area contributed by atoms with Crippen molar-refractivity contribution in [2.75, 3.05) is 13.7 Å². The van der Waals surface area contributed by atoms with E-state index in [0.29, 0.717) is 6.42 Å². The van der Waals surface area contributed by atoms with E-state index < -0.39 is 11.7 Å². The molecule has 6 heteroatoms. The van der Waals surface area contributed by atoms with Gasteiger partial charge in [0.1, 0.15) is 18.0 Å². The molecule has 1 aliphatic carbocycles. The quantitative estimate of drug-likeness (QED) is 0.904. The fraction of sp³-hybridized carbons (Fsp3) is 0.571. The van der Waals surface area contributed by atoms with Gasteiger partial charge in [-0.15, -0.1) is 0 Å². The summed E-state index contributed by atoms with van der Waals surface area (Å²) < 4.78 is 49.4. The van der Waals surface area contributed by atoms with Crippen LogP contribution in [0, 0.1) is 0 Å². The molecular formula is C14H18F3NO2. The van der Waals surface area contributed by atoms with Crippen LogP contribution < -0.4 is 10.1 Å². The predicted molar refractivity (Wildman–Crippen MR) is 68.7 cm³/mol. The Morgan fingerprint density at radius 1 is 1.30 bits per heavy atom. The molecule has 112 valence electrons. The van der Waals surface area contributed by atoms with Gasteiger partial charge in [-0.2, -0.15) is 13.2 Å². The molecule has 1 aliphatic rings. The van der Waals surface area contributed by atoms with Crippen LogP contribution in [0.15, 0.2) is 24.3 Å². The van der Waals surface area contributed by atoms with E-state index in [4.69, 9.17) is 9.47 Å². The van der Waals surface area contributed by atoms with Crippen LogP contribution in [-0.2, 0) is 10.9 Å². The number of rotatable bonds is 5. The molecule has 3 atom stereocenters. The van der Waals surface area contributed by atoms with Crippen molar-refractivity contribution in [3.63, 3.8) is 0 Å². The van der Waals surface area contributed by atoms with E-state index in [1.807, 2.05) is 6.92 Å². The Bertz CT molecular complexity index is 450. The van der Waals surface area contributed by atoms with Crippen LogP contribution in [0.25, 0.3) is 0 Å². The molecule has 0 amide bonds. The molecule has 2 rings (SSSR count). The maximum absolute atomic E-state index is 12.9. The average Bonchev–Trinajstić information content (AvgIpc) is 2.37. The van der Waals surface area contributed by atoms with Gasteiger partial charge in [-0.1, -0.05) is 19.1 Å². The highest BCUT2D eigenvalue weighted by Gasteiger charge is 2.44. The first-order valence-corrected chi connectivity index (χ1v) is 6.56. The number of hydrogen-bond acceptors (Lipinski definition) is 3. The summed E-state index contributed by atoms with van der Waals surface area (Å²) in [7, 11) is 1.54. The van der Waals surface area contributed by atoms with Crippen LogP contribution >= 0.6 is 0 Å². The number of halogens is 3. The summed E-state index contributed by atoms with van der Waals surface area (Å²) in [5.41, 5.74) is -0.748. The van der Waals surface area contributed by atoms with Crippen LogP contribution in [0.5, 0.6) is 5.75 Å². The zero-order valence-corrected chi connectivity index (χ0v) is 11.4. The Hall–Kier alpha value is -1.27. The fourth-order valence-corrected chi connectivity index (χ4v) is 2.44. The lowest BCUT2D eigenvalue weighted by molar-refractivity contribution is -0.142. The molecule has 0 aromatic heterocycles. The van der Waals surface area contributed by atoms with Crippen molar-refractivity contribution in [1.29, 1.82) is 0 Å². The number of likely N-dealkylation sites (N-methyl/N-ethyl adjacent to an activating group) is 1. The van der Waals surface area contributed by atoms with Gasteiger partial charge in [0.15, 0.2) is 0 Å². The topological polar surface area (TPSA) is 30.5 Å². The minimum absolute atomic E-state index is 0.132. The number of para-hydroxylation sites is 1. The first-order valence-electron chi connectivity index (χ1n) is 6.56. The minimum atomic E-state index is -4.41. The Labute approximate surface area is 116 Å². The SMILES string of the molecule is CCNC1CC(Oc2ccccc2C(F)(F)F)C1OC. The number of alkyl halides is 3. The van der Waals surface area contributed by atoms with Crippen LogP contribution in [0.4, 0.5) is 13.2 Å². The summed E-state index contributed by atoms with van der Waals surface area (Å²) in [6, 6.07) is 5.39. The first-order chi connectivity index (χ1) is 9.47. The van der Waals surface area contributed by atoms with Crippen molar-refractivity contribution < 1.29 is 22.6 Å². The van der Waals surface area contributed by atoms with Crippen molar-refractivity contribution in [3.8, 4) is 5.75 Å². The van der Waals surface area contributed by atoms with E-state index in [-0.39, 0.29) is 24.0 Å². The van der Waals surface area contributed by atoms with Crippen molar-refractivity contribution in [3.05, 3.63) is 29.8 Å². The minimum Gasteiger partial charge on any atom is -0.487 e. The first kappa shape index (κ1) is 15.1. The highest BCUT2D eigenvalue weighted by Crippen LogP contribution is 2.38. The van der Waals surface area contributed by atoms with Crippen LogP contribution in [0.2, 0.25) is 0 Å². The molecule has 1 fully saturated rings. The molecular weight excluding hydrogens is 271 g/mol. The molecule has 3 unspecified atom stereocenters. The number of nitrogens with one attached hydrogen (secondary N) is 1. The third kappa shape index (κ3) is 3.07. The fourth-order valence-electron chi connectivity index (χ4n) is 2.44. The lowest BCUT2D eigenvalue weighted by Crippen LogP contribution is -2.61. The van der Waals surface area contributed by atoms with E-state index in [9.17, 15) is 13.2 Å². The molecule has 0 saturated heterocycles. The van der Waals surface area contributed by atoms with E-state index in [0.717, 1.165) is 12.6 Å². The highest BCUT2D eigenvalue weighted by atomic mass is 19.4. The summed E-state index contributed by atoms with van der Waals surface area (Å²) in [6.07, 6.45) is -4.36. The second-order valence-electron chi connectivity index (χ2n) is 4.75. The van der Waals surface area contributed by atoms with Crippen molar-refractivity contribution >= 4 is 0 Å². The smallest absolute Gasteiger partial charge is 0.419 e. The van der Waals surface area contributed by atoms with Crippen molar-refractivity contribution in [1.82, 2.24) is 5.32 Å². The molecule has 0 bridgehead atoms. The Balaban J connectivity index is 2.08. The molecule has 0 radical (unpaired) electrons. The maximum Gasteiger partial charge on any atom is 0.419 e. The molecule has 1 aromatic rings. The monoisotopic (exact) mass is 289 g/mol. The van der Waals surface area contributed by atoms with Gasteiger partial charge >= 0.3 is 6.18 Å². The summed E-state index contributed by atoms with van der Waals surface area (Å²) in [4.78, 5) is 0. The predicted octanol–water partition coefficient (Wildman–Crippen LogP) is 2.85. The Morgan fingerprint density at radius 3 is 2.60 bits per heavy atom. The van der Waals surface area contributed by atoms with E-state index in [2.05, 4.69) is 5.32 Å². The highest BCUT2D eigenvalue weighted by molar-refractivity contribution is 5.36. The molecule has 1 N–H and O–H groups in total. The number of ether oxygens (including phenoxy) is 2. The molecule has 0 aliphatic heterocycles.